The van der Waals surface area contributed by atoms with Crippen molar-refractivity contribution in [1.29, 1.82) is 0 Å². The van der Waals surface area contributed by atoms with E-state index < -0.39 is 0 Å². The zero-order chi connectivity index (χ0) is 13.1. The molecule has 0 unspecified atom stereocenters. The van der Waals surface area contributed by atoms with E-state index >= 15 is 0 Å². The van der Waals surface area contributed by atoms with Crippen molar-refractivity contribution in [2.75, 3.05) is 11.4 Å². The van der Waals surface area contributed by atoms with Crippen LogP contribution >= 0.6 is 11.6 Å². The molecule has 0 saturated carbocycles. The summed E-state index contributed by atoms with van der Waals surface area (Å²) >= 11 is 5.95. The van der Waals surface area contributed by atoms with E-state index in [9.17, 15) is 0 Å². The summed E-state index contributed by atoms with van der Waals surface area (Å²) in [6.07, 6.45) is 0. The van der Waals surface area contributed by atoms with E-state index in [4.69, 9.17) is 16.6 Å². The Kier molecular flexibility index (Phi) is 4.07. The maximum atomic E-state index is 5.95. The SMILES string of the molecule is CCN(c1nc(CCl)cc2ccccc12)C(C)C. The topological polar surface area (TPSA) is 16.1 Å². The van der Waals surface area contributed by atoms with Crippen molar-refractivity contribution in [3.8, 4) is 0 Å². The number of nitrogens with zero attached hydrogens (tertiary/aromatic N) is 2. The van der Waals surface area contributed by atoms with Crippen LogP contribution in [0.2, 0.25) is 0 Å². The van der Waals surface area contributed by atoms with Crippen LogP contribution in [0.15, 0.2) is 30.3 Å². The molecule has 0 N–H and O–H groups in total. The van der Waals surface area contributed by atoms with Crippen LogP contribution in [0.25, 0.3) is 10.8 Å². The van der Waals surface area contributed by atoms with Crippen molar-refractivity contribution in [2.45, 2.75) is 32.7 Å². The Bertz CT molecular complexity index is 537. The lowest BCUT2D eigenvalue weighted by molar-refractivity contribution is 0.695. The van der Waals surface area contributed by atoms with Gasteiger partial charge in [-0.05, 0) is 32.2 Å². The lowest BCUT2D eigenvalue weighted by Gasteiger charge is -2.28. The standard InChI is InChI=1S/C15H19ClN2/c1-4-18(11(2)3)15-14-8-6-5-7-12(14)9-13(10-16)17-15/h5-9,11H,4,10H2,1-3H3. The fourth-order valence-electron chi connectivity index (χ4n) is 2.28. The Hall–Kier alpha value is -1.28. The average molecular weight is 263 g/mol. The molecule has 2 nitrogen and oxygen atoms in total. The summed E-state index contributed by atoms with van der Waals surface area (Å²) in [5.74, 6) is 1.49. The lowest BCUT2D eigenvalue weighted by atomic mass is 10.1. The van der Waals surface area contributed by atoms with Gasteiger partial charge in [-0.3, -0.25) is 0 Å². The van der Waals surface area contributed by atoms with Crippen LogP contribution in [-0.2, 0) is 5.88 Å². The molecule has 0 aliphatic rings. The van der Waals surface area contributed by atoms with E-state index in [1.165, 1.54) is 10.8 Å². The largest absolute Gasteiger partial charge is 0.354 e. The maximum absolute atomic E-state index is 5.95. The lowest BCUT2D eigenvalue weighted by Crippen LogP contribution is -2.31. The van der Waals surface area contributed by atoms with Crippen LogP contribution in [-0.4, -0.2) is 17.6 Å². The molecule has 0 atom stereocenters. The summed E-state index contributed by atoms with van der Waals surface area (Å²) < 4.78 is 0. The fraction of sp³-hybridized carbons (Fsp3) is 0.400. The van der Waals surface area contributed by atoms with Crippen molar-refractivity contribution in [1.82, 2.24) is 4.98 Å². The molecule has 0 amide bonds. The predicted molar refractivity (Wildman–Crippen MR) is 79.5 cm³/mol. The zero-order valence-electron chi connectivity index (χ0n) is 11.2. The summed E-state index contributed by atoms with van der Waals surface area (Å²) in [6, 6.07) is 10.8. The monoisotopic (exact) mass is 262 g/mol. The van der Waals surface area contributed by atoms with Crippen LogP contribution < -0.4 is 4.90 Å². The molecule has 1 aromatic carbocycles. The van der Waals surface area contributed by atoms with Gasteiger partial charge in [-0.25, -0.2) is 4.98 Å². The maximum Gasteiger partial charge on any atom is 0.137 e. The van der Waals surface area contributed by atoms with Crippen LogP contribution in [0.5, 0.6) is 0 Å². The molecule has 0 aliphatic heterocycles. The molecule has 2 aromatic rings. The summed E-state index contributed by atoms with van der Waals surface area (Å²) in [5, 5.41) is 2.40. The molecule has 1 aromatic heterocycles. The molecule has 96 valence electrons. The van der Waals surface area contributed by atoms with Gasteiger partial charge in [0.25, 0.3) is 0 Å². The number of alkyl halides is 1. The van der Waals surface area contributed by atoms with Crippen molar-refractivity contribution >= 4 is 28.2 Å². The van der Waals surface area contributed by atoms with Crippen molar-refractivity contribution in [3.05, 3.63) is 36.0 Å². The van der Waals surface area contributed by atoms with E-state index in [0.29, 0.717) is 11.9 Å². The highest BCUT2D eigenvalue weighted by molar-refractivity contribution is 6.17. The average Bonchev–Trinajstić information content (AvgIpc) is 2.38. The third-order valence-corrected chi connectivity index (χ3v) is 3.42. The Morgan fingerprint density at radius 2 is 2.00 bits per heavy atom. The smallest absolute Gasteiger partial charge is 0.137 e. The van der Waals surface area contributed by atoms with Gasteiger partial charge in [-0.15, -0.1) is 11.6 Å². The van der Waals surface area contributed by atoms with Gasteiger partial charge in [-0.2, -0.15) is 0 Å². The zero-order valence-corrected chi connectivity index (χ0v) is 11.9. The summed E-state index contributed by atoms with van der Waals surface area (Å²) in [7, 11) is 0. The second-order valence-corrected chi connectivity index (χ2v) is 4.94. The number of anilines is 1. The Labute approximate surface area is 114 Å². The van der Waals surface area contributed by atoms with Gasteiger partial charge in [-0.1, -0.05) is 24.3 Å². The van der Waals surface area contributed by atoms with Crippen LogP contribution in [0.3, 0.4) is 0 Å². The van der Waals surface area contributed by atoms with E-state index in [1.807, 2.05) is 0 Å². The molecule has 0 saturated heterocycles. The number of aromatic nitrogens is 1. The van der Waals surface area contributed by atoms with E-state index in [1.54, 1.807) is 0 Å². The molecule has 0 fully saturated rings. The van der Waals surface area contributed by atoms with Gasteiger partial charge in [0.05, 0.1) is 11.6 Å². The molecule has 0 aliphatic carbocycles. The molecule has 2 rings (SSSR count). The second-order valence-electron chi connectivity index (χ2n) is 4.67. The summed E-state index contributed by atoms with van der Waals surface area (Å²) in [5.41, 5.74) is 0.935. The first-order valence-corrected chi connectivity index (χ1v) is 6.92. The number of rotatable bonds is 4. The van der Waals surface area contributed by atoms with Gasteiger partial charge in [0.1, 0.15) is 5.82 Å². The Morgan fingerprint density at radius 1 is 1.28 bits per heavy atom. The Balaban J connectivity index is 2.66. The molecule has 0 radical (unpaired) electrons. The van der Waals surface area contributed by atoms with E-state index in [-0.39, 0.29) is 0 Å². The highest BCUT2D eigenvalue weighted by Crippen LogP contribution is 2.27. The molecular formula is C15H19ClN2. The third kappa shape index (κ3) is 2.44. The van der Waals surface area contributed by atoms with Gasteiger partial charge in [0.2, 0.25) is 0 Å². The normalized spacial score (nSPS) is 11.2. The summed E-state index contributed by atoms with van der Waals surface area (Å²) in [4.78, 5) is 7.01. The first kappa shape index (κ1) is 13.2. The van der Waals surface area contributed by atoms with E-state index in [0.717, 1.165) is 18.1 Å². The van der Waals surface area contributed by atoms with Crippen molar-refractivity contribution in [3.63, 3.8) is 0 Å². The number of halogens is 1. The highest BCUT2D eigenvalue weighted by Gasteiger charge is 2.14. The number of fused-ring (bicyclic) bond motifs is 1. The minimum Gasteiger partial charge on any atom is -0.354 e. The van der Waals surface area contributed by atoms with Crippen LogP contribution in [0.1, 0.15) is 26.5 Å². The predicted octanol–water partition coefficient (Wildman–Crippen LogP) is 4.21. The fourth-order valence-corrected chi connectivity index (χ4v) is 2.42. The minimum atomic E-state index is 0.427. The summed E-state index contributed by atoms with van der Waals surface area (Å²) in [6.45, 7) is 7.48. The number of pyridine rings is 1. The highest BCUT2D eigenvalue weighted by atomic mass is 35.5. The molecule has 18 heavy (non-hydrogen) atoms. The molecule has 0 bridgehead atoms. The Morgan fingerprint density at radius 3 is 2.61 bits per heavy atom. The molecule has 1 heterocycles. The van der Waals surface area contributed by atoms with Crippen molar-refractivity contribution < 1.29 is 0 Å². The van der Waals surface area contributed by atoms with Crippen LogP contribution in [0, 0.1) is 0 Å². The first-order valence-electron chi connectivity index (χ1n) is 6.38. The third-order valence-electron chi connectivity index (χ3n) is 3.15. The minimum absolute atomic E-state index is 0.427. The van der Waals surface area contributed by atoms with Gasteiger partial charge >= 0.3 is 0 Å². The molecule has 3 heteroatoms. The van der Waals surface area contributed by atoms with Gasteiger partial charge in [0.15, 0.2) is 0 Å². The number of hydrogen-bond acceptors (Lipinski definition) is 2. The molecule has 0 spiro atoms. The number of hydrogen-bond donors (Lipinski definition) is 0. The second kappa shape index (κ2) is 5.57. The van der Waals surface area contributed by atoms with Gasteiger partial charge in [0, 0.05) is 18.0 Å². The van der Waals surface area contributed by atoms with E-state index in [2.05, 4.69) is 56.0 Å². The van der Waals surface area contributed by atoms with Crippen molar-refractivity contribution in [2.24, 2.45) is 0 Å². The molecular weight excluding hydrogens is 244 g/mol. The van der Waals surface area contributed by atoms with Crippen LogP contribution in [0.4, 0.5) is 5.82 Å². The quantitative estimate of drug-likeness (QED) is 0.768. The number of benzene rings is 1. The van der Waals surface area contributed by atoms with Gasteiger partial charge < -0.3 is 4.90 Å². The first-order chi connectivity index (χ1) is 8.67.